The van der Waals surface area contributed by atoms with E-state index in [9.17, 15) is 0 Å². The van der Waals surface area contributed by atoms with Gasteiger partial charge in [0, 0.05) is 0 Å². The van der Waals surface area contributed by atoms with E-state index in [4.69, 9.17) is 5.73 Å². The van der Waals surface area contributed by atoms with Crippen molar-refractivity contribution in [3.05, 3.63) is 0 Å². The summed E-state index contributed by atoms with van der Waals surface area (Å²) >= 11 is 0. The van der Waals surface area contributed by atoms with Gasteiger partial charge >= 0.3 is 0 Å². The minimum absolute atomic E-state index is 0.872. The van der Waals surface area contributed by atoms with E-state index in [-0.39, 0.29) is 0 Å². The molecular formula is C12H27N. The Hall–Kier alpha value is -0.0400. The van der Waals surface area contributed by atoms with Crippen molar-refractivity contribution in [3.63, 3.8) is 0 Å². The van der Waals surface area contributed by atoms with Crippen LogP contribution in [0.25, 0.3) is 0 Å². The van der Waals surface area contributed by atoms with Crippen molar-refractivity contribution in [1.29, 1.82) is 0 Å². The zero-order valence-corrected chi connectivity index (χ0v) is 9.68. The summed E-state index contributed by atoms with van der Waals surface area (Å²) in [6.45, 7) is 7.27. The SMILES string of the molecule is CC.CC(CCCN)C1CCCC1. The van der Waals surface area contributed by atoms with Gasteiger partial charge in [0.1, 0.15) is 0 Å². The maximum Gasteiger partial charge on any atom is -0.00772 e. The fourth-order valence-corrected chi connectivity index (χ4v) is 2.20. The molecule has 2 N–H and O–H groups in total. The van der Waals surface area contributed by atoms with Crippen LogP contribution in [0.2, 0.25) is 0 Å². The summed E-state index contributed by atoms with van der Waals surface area (Å²) in [5.41, 5.74) is 5.48. The first kappa shape index (κ1) is 13.0. The van der Waals surface area contributed by atoms with Gasteiger partial charge in [0.15, 0.2) is 0 Å². The van der Waals surface area contributed by atoms with E-state index >= 15 is 0 Å². The van der Waals surface area contributed by atoms with Crippen LogP contribution in [-0.2, 0) is 0 Å². The Morgan fingerprint density at radius 1 is 1.23 bits per heavy atom. The van der Waals surface area contributed by atoms with Crippen LogP contribution in [0.5, 0.6) is 0 Å². The maximum atomic E-state index is 5.48. The Bertz CT molecular complexity index is 95.3. The molecule has 0 aromatic heterocycles. The van der Waals surface area contributed by atoms with Crippen LogP contribution in [0.15, 0.2) is 0 Å². The zero-order valence-electron chi connectivity index (χ0n) is 9.68. The number of rotatable bonds is 4. The maximum absolute atomic E-state index is 5.48. The van der Waals surface area contributed by atoms with Crippen molar-refractivity contribution in [2.45, 2.75) is 59.3 Å². The van der Waals surface area contributed by atoms with Gasteiger partial charge in [-0.3, -0.25) is 0 Å². The Kier molecular flexibility index (Phi) is 8.53. The summed E-state index contributed by atoms with van der Waals surface area (Å²) in [6, 6.07) is 0. The molecule has 1 nitrogen and oxygen atoms in total. The highest BCUT2D eigenvalue weighted by atomic mass is 14.5. The molecule has 1 saturated carbocycles. The molecule has 0 spiro atoms. The molecule has 0 heterocycles. The molecule has 80 valence electrons. The second-order valence-electron chi connectivity index (χ2n) is 3.95. The van der Waals surface area contributed by atoms with Crippen LogP contribution in [0.4, 0.5) is 0 Å². The van der Waals surface area contributed by atoms with E-state index in [0.717, 1.165) is 18.4 Å². The first-order valence-electron chi connectivity index (χ1n) is 6.04. The highest BCUT2D eigenvalue weighted by Gasteiger charge is 2.20. The van der Waals surface area contributed by atoms with Gasteiger partial charge in [0.2, 0.25) is 0 Å². The van der Waals surface area contributed by atoms with Gasteiger partial charge in [-0.15, -0.1) is 0 Å². The number of hydrogen-bond acceptors (Lipinski definition) is 1. The monoisotopic (exact) mass is 185 g/mol. The average molecular weight is 185 g/mol. The summed E-state index contributed by atoms with van der Waals surface area (Å²) in [5, 5.41) is 0. The highest BCUT2D eigenvalue weighted by Crippen LogP contribution is 2.33. The predicted octanol–water partition coefficient (Wildman–Crippen LogP) is 3.58. The lowest BCUT2D eigenvalue weighted by Gasteiger charge is -2.17. The third-order valence-electron chi connectivity index (χ3n) is 3.07. The molecule has 1 unspecified atom stereocenters. The average Bonchev–Trinajstić information content (AvgIpc) is 2.70. The summed E-state index contributed by atoms with van der Waals surface area (Å²) in [7, 11) is 0. The predicted molar refractivity (Wildman–Crippen MR) is 60.8 cm³/mol. The van der Waals surface area contributed by atoms with Crippen LogP contribution in [0.3, 0.4) is 0 Å². The summed E-state index contributed by atoms with van der Waals surface area (Å²) in [5.74, 6) is 1.96. The smallest absolute Gasteiger partial charge is 0.00772 e. The summed E-state index contributed by atoms with van der Waals surface area (Å²) < 4.78 is 0. The molecule has 0 aliphatic heterocycles. The van der Waals surface area contributed by atoms with Crippen molar-refractivity contribution in [1.82, 2.24) is 0 Å². The lowest BCUT2D eigenvalue weighted by atomic mass is 9.89. The Labute approximate surface area is 84.1 Å². The van der Waals surface area contributed by atoms with Gasteiger partial charge in [-0.25, -0.2) is 0 Å². The number of nitrogens with two attached hydrogens (primary N) is 1. The van der Waals surface area contributed by atoms with Crippen molar-refractivity contribution >= 4 is 0 Å². The molecule has 0 saturated heterocycles. The minimum Gasteiger partial charge on any atom is -0.330 e. The van der Waals surface area contributed by atoms with E-state index in [1.807, 2.05) is 13.8 Å². The standard InChI is InChI=1S/C10H21N.C2H6/c1-9(5-4-8-11)10-6-2-3-7-10;1-2/h9-10H,2-8,11H2,1H3;1-2H3. The third-order valence-corrected chi connectivity index (χ3v) is 3.07. The van der Waals surface area contributed by atoms with Crippen molar-refractivity contribution in [2.75, 3.05) is 6.54 Å². The molecule has 1 rings (SSSR count). The molecule has 13 heavy (non-hydrogen) atoms. The van der Waals surface area contributed by atoms with Gasteiger partial charge in [-0.05, 0) is 31.2 Å². The highest BCUT2D eigenvalue weighted by molar-refractivity contribution is 4.72. The molecule has 0 bridgehead atoms. The van der Waals surface area contributed by atoms with E-state index in [1.54, 1.807) is 0 Å². The lowest BCUT2D eigenvalue weighted by Crippen LogP contribution is -2.10. The Morgan fingerprint density at radius 2 is 1.77 bits per heavy atom. The fraction of sp³-hybridized carbons (Fsp3) is 1.00. The summed E-state index contributed by atoms with van der Waals surface area (Å²) in [6.07, 6.45) is 8.46. The van der Waals surface area contributed by atoms with E-state index in [1.165, 1.54) is 38.5 Å². The van der Waals surface area contributed by atoms with Gasteiger partial charge in [-0.2, -0.15) is 0 Å². The van der Waals surface area contributed by atoms with Crippen LogP contribution >= 0.6 is 0 Å². The van der Waals surface area contributed by atoms with E-state index in [0.29, 0.717) is 0 Å². The second-order valence-corrected chi connectivity index (χ2v) is 3.95. The fourth-order valence-electron chi connectivity index (χ4n) is 2.20. The van der Waals surface area contributed by atoms with Crippen LogP contribution in [0.1, 0.15) is 59.3 Å². The normalized spacial score (nSPS) is 19.4. The van der Waals surface area contributed by atoms with Gasteiger partial charge in [0.05, 0.1) is 0 Å². The Morgan fingerprint density at radius 3 is 2.23 bits per heavy atom. The van der Waals surface area contributed by atoms with Gasteiger partial charge in [-0.1, -0.05) is 46.5 Å². The lowest BCUT2D eigenvalue weighted by molar-refractivity contribution is 0.340. The molecule has 0 aromatic carbocycles. The molecule has 1 fully saturated rings. The van der Waals surface area contributed by atoms with Gasteiger partial charge < -0.3 is 5.73 Å². The minimum atomic E-state index is 0.872. The quantitative estimate of drug-likeness (QED) is 0.712. The van der Waals surface area contributed by atoms with Gasteiger partial charge in [0.25, 0.3) is 0 Å². The van der Waals surface area contributed by atoms with E-state index in [2.05, 4.69) is 6.92 Å². The second kappa shape index (κ2) is 8.55. The molecule has 0 aromatic rings. The molecule has 0 radical (unpaired) electrons. The molecule has 1 heteroatoms. The van der Waals surface area contributed by atoms with E-state index < -0.39 is 0 Å². The first-order valence-corrected chi connectivity index (χ1v) is 6.04. The van der Waals surface area contributed by atoms with Crippen molar-refractivity contribution in [2.24, 2.45) is 17.6 Å². The number of hydrogen-bond donors (Lipinski definition) is 1. The topological polar surface area (TPSA) is 26.0 Å². The largest absolute Gasteiger partial charge is 0.330 e. The summed E-state index contributed by atoms with van der Waals surface area (Å²) in [4.78, 5) is 0. The molecule has 0 amide bonds. The van der Waals surface area contributed by atoms with Crippen LogP contribution < -0.4 is 5.73 Å². The molecular weight excluding hydrogens is 158 g/mol. The zero-order chi connectivity index (χ0) is 10.1. The molecule has 1 aliphatic rings. The van der Waals surface area contributed by atoms with Crippen molar-refractivity contribution < 1.29 is 0 Å². The van der Waals surface area contributed by atoms with Crippen LogP contribution in [0, 0.1) is 11.8 Å². The van der Waals surface area contributed by atoms with Crippen LogP contribution in [-0.4, -0.2) is 6.54 Å². The van der Waals surface area contributed by atoms with Crippen molar-refractivity contribution in [3.8, 4) is 0 Å². The first-order chi connectivity index (χ1) is 6.34. The molecule has 1 aliphatic carbocycles. The molecule has 1 atom stereocenters. The third kappa shape index (κ3) is 5.30. The Balaban J connectivity index is 0.000000671.